The van der Waals surface area contributed by atoms with Crippen LogP contribution in [0, 0.1) is 5.92 Å². The molecule has 0 aliphatic carbocycles. The molecule has 146 valence electrons. The third kappa shape index (κ3) is 7.11. The van der Waals surface area contributed by atoms with E-state index in [2.05, 4.69) is 23.9 Å². The van der Waals surface area contributed by atoms with Gasteiger partial charge in [-0.05, 0) is 41.8 Å². The third-order valence-electron chi connectivity index (χ3n) is 3.48. The van der Waals surface area contributed by atoms with E-state index in [1.165, 1.54) is 18.2 Å². The van der Waals surface area contributed by atoms with Gasteiger partial charge >= 0.3 is 0 Å². The number of carbonyl (C=O) groups is 1. The summed E-state index contributed by atoms with van der Waals surface area (Å²) in [7, 11) is -3.49. The van der Waals surface area contributed by atoms with Crippen LogP contribution in [0.1, 0.15) is 29.8 Å². The molecule has 0 aromatic heterocycles. The first-order chi connectivity index (χ1) is 12.6. The molecular formula is C19H23ClN2O4S. The minimum absolute atomic E-state index is 0.165. The standard InChI is InChI=1S/C19H23ClN2O4S/c1-13(2)12-26-16-7-4-14(5-8-16)11-21-19(23)15-6-9-17(20)18(10-15)22-27(3,24)25/h4-10,13,22H,11-12H2,1-3H3,(H,21,23). The van der Waals surface area contributed by atoms with Crippen LogP contribution in [0.4, 0.5) is 5.69 Å². The van der Waals surface area contributed by atoms with Crippen molar-refractivity contribution in [2.24, 2.45) is 5.92 Å². The van der Waals surface area contributed by atoms with Gasteiger partial charge in [-0.15, -0.1) is 0 Å². The molecule has 0 saturated carbocycles. The molecule has 0 unspecified atom stereocenters. The van der Waals surface area contributed by atoms with Crippen LogP contribution < -0.4 is 14.8 Å². The molecule has 0 heterocycles. The zero-order valence-corrected chi connectivity index (χ0v) is 17.0. The highest BCUT2D eigenvalue weighted by molar-refractivity contribution is 7.92. The van der Waals surface area contributed by atoms with Crippen LogP contribution in [-0.4, -0.2) is 27.2 Å². The minimum Gasteiger partial charge on any atom is -0.493 e. The van der Waals surface area contributed by atoms with E-state index in [1.807, 2.05) is 24.3 Å². The van der Waals surface area contributed by atoms with Gasteiger partial charge in [0.15, 0.2) is 0 Å². The van der Waals surface area contributed by atoms with Crippen LogP contribution in [0.3, 0.4) is 0 Å². The lowest BCUT2D eigenvalue weighted by Gasteiger charge is -2.11. The summed E-state index contributed by atoms with van der Waals surface area (Å²) < 4.78 is 30.7. The zero-order chi connectivity index (χ0) is 20.0. The number of rotatable bonds is 8. The van der Waals surface area contributed by atoms with Crippen molar-refractivity contribution in [2.45, 2.75) is 20.4 Å². The highest BCUT2D eigenvalue weighted by atomic mass is 35.5. The maximum Gasteiger partial charge on any atom is 0.251 e. The Kier molecular flexibility index (Phi) is 7.10. The van der Waals surface area contributed by atoms with Crippen LogP contribution in [0.15, 0.2) is 42.5 Å². The first kappa shape index (κ1) is 21.1. The molecule has 0 bridgehead atoms. The van der Waals surface area contributed by atoms with Crippen molar-refractivity contribution >= 4 is 33.2 Å². The topological polar surface area (TPSA) is 84.5 Å². The van der Waals surface area contributed by atoms with Crippen molar-refractivity contribution in [3.8, 4) is 5.75 Å². The van der Waals surface area contributed by atoms with Gasteiger partial charge in [0, 0.05) is 12.1 Å². The van der Waals surface area contributed by atoms with E-state index < -0.39 is 10.0 Å². The second-order valence-electron chi connectivity index (χ2n) is 6.60. The van der Waals surface area contributed by atoms with E-state index in [-0.39, 0.29) is 16.6 Å². The first-order valence-electron chi connectivity index (χ1n) is 8.41. The van der Waals surface area contributed by atoms with Gasteiger partial charge in [-0.3, -0.25) is 9.52 Å². The smallest absolute Gasteiger partial charge is 0.251 e. The van der Waals surface area contributed by atoms with Crippen LogP contribution in [-0.2, 0) is 16.6 Å². The molecule has 2 rings (SSSR count). The summed E-state index contributed by atoms with van der Waals surface area (Å²) in [6, 6.07) is 11.9. The van der Waals surface area contributed by atoms with Crippen LogP contribution in [0.5, 0.6) is 5.75 Å². The minimum atomic E-state index is -3.49. The number of anilines is 1. The van der Waals surface area contributed by atoms with Gasteiger partial charge in [0.05, 0.1) is 23.6 Å². The lowest BCUT2D eigenvalue weighted by atomic mass is 10.1. The van der Waals surface area contributed by atoms with Gasteiger partial charge in [0.2, 0.25) is 10.0 Å². The van der Waals surface area contributed by atoms with E-state index in [9.17, 15) is 13.2 Å². The largest absolute Gasteiger partial charge is 0.493 e. The molecule has 2 aromatic rings. The molecule has 0 fully saturated rings. The Morgan fingerprint density at radius 2 is 1.81 bits per heavy atom. The van der Waals surface area contributed by atoms with E-state index in [0.29, 0.717) is 24.6 Å². The molecule has 0 spiro atoms. The van der Waals surface area contributed by atoms with Gasteiger partial charge in [-0.25, -0.2) is 8.42 Å². The van der Waals surface area contributed by atoms with Crippen molar-refractivity contribution in [3.05, 3.63) is 58.6 Å². The molecule has 0 aliphatic heterocycles. The highest BCUT2D eigenvalue weighted by Crippen LogP contribution is 2.24. The molecule has 27 heavy (non-hydrogen) atoms. The Bertz CT molecular complexity index is 896. The number of hydrogen-bond donors (Lipinski definition) is 2. The number of benzene rings is 2. The van der Waals surface area contributed by atoms with Crippen LogP contribution in [0.25, 0.3) is 0 Å². The van der Waals surface area contributed by atoms with Gasteiger partial charge in [0.25, 0.3) is 5.91 Å². The van der Waals surface area contributed by atoms with Crippen molar-refractivity contribution in [2.75, 3.05) is 17.6 Å². The fraction of sp³-hybridized carbons (Fsp3) is 0.316. The summed E-state index contributed by atoms with van der Waals surface area (Å²) in [5.41, 5.74) is 1.39. The first-order valence-corrected chi connectivity index (χ1v) is 10.7. The zero-order valence-electron chi connectivity index (χ0n) is 15.5. The average molecular weight is 411 g/mol. The Hall–Kier alpha value is -2.25. The molecular weight excluding hydrogens is 388 g/mol. The molecule has 0 radical (unpaired) electrons. The molecule has 2 aromatic carbocycles. The van der Waals surface area contributed by atoms with Gasteiger partial charge in [-0.1, -0.05) is 37.6 Å². The van der Waals surface area contributed by atoms with Gasteiger partial charge in [-0.2, -0.15) is 0 Å². The fourth-order valence-corrected chi connectivity index (χ4v) is 2.98. The van der Waals surface area contributed by atoms with Crippen molar-refractivity contribution in [1.29, 1.82) is 0 Å². The molecule has 8 heteroatoms. The summed E-state index contributed by atoms with van der Waals surface area (Å²) in [5, 5.41) is 3.01. The van der Waals surface area contributed by atoms with E-state index >= 15 is 0 Å². The Balaban J connectivity index is 1.98. The average Bonchev–Trinajstić information content (AvgIpc) is 2.59. The number of carbonyl (C=O) groups excluding carboxylic acids is 1. The van der Waals surface area contributed by atoms with Gasteiger partial charge in [0.1, 0.15) is 5.75 Å². The second-order valence-corrected chi connectivity index (χ2v) is 8.76. The quantitative estimate of drug-likeness (QED) is 0.695. The Morgan fingerprint density at radius 3 is 2.41 bits per heavy atom. The van der Waals surface area contributed by atoms with Crippen LogP contribution in [0.2, 0.25) is 5.02 Å². The van der Waals surface area contributed by atoms with E-state index in [1.54, 1.807) is 0 Å². The Labute approximate surface area is 164 Å². The Morgan fingerprint density at radius 1 is 1.15 bits per heavy atom. The number of nitrogens with one attached hydrogen (secondary N) is 2. The number of amides is 1. The fourth-order valence-electron chi connectivity index (χ4n) is 2.20. The summed E-state index contributed by atoms with van der Waals surface area (Å²) in [4.78, 5) is 12.3. The summed E-state index contributed by atoms with van der Waals surface area (Å²) >= 11 is 5.97. The second kappa shape index (κ2) is 9.10. The molecule has 0 saturated heterocycles. The SMILES string of the molecule is CC(C)COc1ccc(CNC(=O)c2ccc(Cl)c(NS(C)(=O)=O)c2)cc1. The van der Waals surface area contributed by atoms with Crippen molar-refractivity contribution < 1.29 is 17.9 Å². The van der Waals surface area contributed by atoms with Crippen molar-refractivity contribution in [3.63, 3.8) is 0 Å². The number of hydrogen-bond acceptors (Lipinski definition) is 4. The number of sulfonamides is 1. The summed E-state index contributed by atoms with van der Waals surface area (Å²) in [6.45, 7) is 5.15. The monoisotopic (exact) mass is 410 g/mol. The highest BCUT2D eigenvalue weighted by Gasteiger charge is 2.11. The number of ether oxygens (including phenoxy) is 1. The molecule has 0 atom stereocenters. The lowest BCUT2D eigenvalue weighted by molar-refractivity contribution is 0.0951. The molecule has 1 amide bonds. The molecule has 2 N–H and O–H groups in total. The third-order valence-corrected chi connectivity index (χ3v) is 4.40. The summed E-state index contributed by atoms with van der Waals surface area (Å²) in [5.74, 6) is 0.904. The molecule has 0 aliphatic rings. The van der Waals surface area contributed by atoms with E-state index in [0.717, 1.165) is 17.6 Å². The van der Waals surface area contributed by atoms with Crippen molar-refractivity contribution in [1.82, 2.24) is 5.32 Å². The van der Waals surface area contributed by atoms with Gasteiger partial charge < -0.3 is 10.1 Å². The maximum atomic E-state index is 12.3. The lowest BCUT2D eigenvalue weighted by Crippen LogP contribution is -2.23. The summed E-state index contributed by atoms with van der Waals surface area (Å²) in [6.07, 6.45) is 1.02. The predicted octanol–water partition coefficient (Wildman–Crippen LogP) is 3.68. The van der Waals surface area contributed by atoms with E-state index in [4.69, 9.17) is 16.3 Å². The van der Waals surface area contributed by atoms with Crippen LogP contribution >= 0.6 is 11.6 Å². The molecule has 6 nitrogen and oxygen atoms in total. The number of halogens is 1. The maximum absolute atomic E-state index is 12.3. The normalized spacial score (nSPS) is 11.3. The predicted molar refractivity (Wildman–Crippen MR) is 108 cm³/mol.